The van der Waals surface area contributed by atoms with E-state index in [1.165, 1.54) is 6.21 Å². The smallest absolute Gasteiger partial charge is 0.269 e. The summed E-state index contributed by atoms with van der Waals surface area (Å²) in [4.78, 5) is 0. The van der Waals surface area contributed by atoms with Gasteiger partial charge in [0.25, 0.3) is 0 Å². The first kappa shape index (κ1) is 6.28. The van der Waals surface area contributed by atoms with E-state index in [0.29, 0.717) is 5.70 Å². The van der Waals surface area contributed by atoms with E-state index >= 15 is 0 Å². The highest BCUT2D eigenvalue weighted by Gasteiger charge is 2.07. The van der Waals surface area contributed by atoms with E-state index in [0.717, 1.165) is 0 Å². The Morgan fingerprint density at radius 1 is 1.67 bits per heavy atom. The summed E-state index contributed by atoms with van der Waals surface area (Å²) in [6.07, 6.45) is 2.84. The molecule has 1 aliphatic rings. The first-order chi connectivity index (χ1) is 4.10. The van der Waals surface area contributed by atoms with E-state index in [1.807, 2.05) is 0 Å². The van der Waals surface area contributed by atoms with Crippen molar-refractivity contribution in [2.45, 2.75) is 6.92 Å². The molecule has 0 radical (unpaired) electrons. The van der Waals surface area contributed by atoms with Crippen LogP contribution >= 0.6 is 0 Å². The summed E-state index contributed by atoms with van der Waals surface area (Å²) in [5, 5.41) is 0. The number of allylic oxidation sites excluding steroid dienone is 2. The van der Waals surface area contributed by atoms with Crippen molar-refractivity contribution < 1.29 is 8.42 Å². The monoisotopic (exact) mass is 146 g/mol. The Hall–Kier alpha value is -0.840. The Bertz CT molecular complexity index is 262. The molecular formula is C4H6N2O2S. The van der Waals surface area contributed by atoms with Gasteiger partial charge in [-0.3, -0.25) is 4.72 Å². The first-order valence-corrected chi connectivity index (χ1v) is 3.79. The predicted octanol–water partition coefficient (Wildman–Crippen LogP) is -0.191. The highest BCUT2D eigenvalue weighted by atomic mass is 32.2. The average molecular weight is 146 g/mol. The van der Waals surface area contributed by atoms with Crippen LogP contribution in [0.25, 0.3) is 0 Å². The van der Waals surface area contributed by atoms with Gasteiger partial charge in [0.15, 0.2) is 0 Å². The van der Waals surface area contributed by atoms with Gasteiger partial charge < -0.3 is 0 Å². The third kappa shape index (κ3) is 1.53. The molecule has 50 valence electrons. The second kappa shape index (κ2) is 1.84. The summed E-state index contributed by atoms with van der Waals surface area (Å²) in [6.45, 7) is 1.66. The van der Waals surface area contributed by atoms with Crippen LogP contribution in [-0.4, -0.2) is 14.6 Å². The van der Waals surface area contributed by atoms with Crippen molar-refractivity contribution in [2.24, 2.45) is 4.40 Å². The Balaban J connectivity index is 2.99. The summed E-state index contributed by atoms with van der Waals surface area (Å²) >= 11 is 0. The molecule has 0 amide bonds. The van der Waals surface area contributed by atoms with Crippen molar-refractivity contribution in [1.82, 2.24) is 4.72 Å². The molecule has 9 heavy (non-hydrogen) atoms. The fourth-order valence-corrected chi connectivity index (χ4v) is 1.23. The molecule has 1 N–H and O–H groups in total. The number of hydrogen-bond acceptors (Lipinski definition) is 2. The maximum absolute atomic E-state index is 10.5. The van der Waals surface area contributed by atoms with Crippen LogP contribution < -0.4 is 4.72 Å². The lowest BCUT2D eigenvalue weighted by molar-refractivity contribution is 0.590. The lowest BCUT2D eigenvalue weighted by Gasteiger charge is -2.04. The molecule has 0 unspecified atom stereocenters. The minimum absolute atomic E-state index is 0.588. The van der Waals surface area contributed by atoms with Gasteiger partial charge in [0.2, 0.25) is 0 Å². The zero-order valence-electron chi connectivity index (χ0n) is 4.83. The Labute approximate surface area is 53.5 Å². The van der Waals surface area contributed by atoms with E-state index in [1.54, 1.807) is 13.0 Å². The number of nitrogens with zero attached hydrogens (tertiary/aromatic N) is 1. The zero-order valence-corrected chi connectivity index (χ0v) is 5.64. The van der Waals surface area contributed by atoms with Gasteiger partial charge in [-0.1, -0.05) is 0 Å². The fraction of sp³-hybridized carbons (Fsp3) is 0.250. The van der Waals surface area contributed by atoms with E-state index in [9.17, 15) is 8.42 Å². The summed E-state index contributed by atoms with van der Waals surface area (Å²) in [7, 11) is -3.38. The molecule has 0 saturated heterocycles. The fourth-order valence-electron chi connectivity index (χ4n) is 0.486. The van der Waals surface area contributed by atoms with Crippen LogP contribution in [0.15, 0.2) is 16.2 Å². The molecule has 0 atom stereocenters. The third-order valence-corrected chi connectivity index (χ3v) is 1.79. The van der Waals surface area contributed by atoms with Crippen molar-refractivity contribution in [3.05, 3.63) is 11.8 Å². The number of hydrogen-bond donors (Lipinski definition) is 1. The quantitative estimate of drug-likeness (QED) is 0.515. The average Bonchev–Trinajstić information content (AvgIpc) is 1.60. The van der Waals surface area contributed by atoms with Crippen molar-refractivity contribution in [1.29, 1.82) is 0 Å². The molecule has 1 aliphatic heterocycles. The van der Waals surface area contributed by atoms with E-state index in [2.05, 4.69) is 9.12 Å². The normalized spacial score (nSPS) is 22.6. The van der Waals surface area contributed by atoms with Gasteiger partial charge in [-0.2, -0.15) is 12.8 Å². The first-order valence-electron chi connectivity index (χ1n) is 2.35. The van der Waals surface area contributed by atoms with Crippen LogP contribution in [0.3, 0.4) is 0 Å². The Kier molecular flexibility index (Phi) is 1.28. The standard InChI is InChI=1S/C4H6N2O2S/c1-4-2-3-5-9(7,8)6-4/h2-3,6H,1H3. The molecule has 0 aromatic rings. The molecule has 0 aromatic carbocycles. The Morgan fingerprint density at radius 3 is 2.67 bits per heavy atom. The molecule has 0 spiro atoms. The highest BCUT2D eigenvalue weighted by Crippen LogP contribution is 1.97. The lowest BCUT2D eigenvalue weighted by Crippen LogP contribution is -2.21. The van der Waals surface area contributed by atoms with Crippen LogP contribution in [0.5, 0.6) is 0 Å². The second-order valence-electron chi connectivity index (χ2n) is 1.68. The van der Waals surface area contributed by atoms with Gasteiger partial charge in [-0.25, -0.2) is 0 Å². The zero-order chi connectivity index (χ0) is 6.91. The van der Waals surface area contributed by atoms with Crippen molar-refractivity contribution >= 4 is 16.4 Å². The highest BCUT2D eigenvalue weighted by molar-refractivity contribution is 7.88. The van der Waals surface area contributed by atoms with Crippen LogP contribution in [0.4, 0.5) is 0 Å². The molecule has 0 aromatic heterocycles. The summed E-state index contributed by atoms with van der Waals surface area (Å²) in [5.74, 6) is 0. The summed E-state index contributed by atoms with van der Waals surface area (Å²) < 4.78 is 26.4. The number of nitrogens with one attached hydrogen (secondary N) is 1. The summed E-state index contributed by atoms with van der Waals surface area (Å²) in [6, 6.07) is 0. The molecule has 1 rings (SSSR count). The molecular weight excluding hydrogens is 140 g/mol. The molecule has 0 aliphatic carbocycles. The van der Waals surface area contributed by atoms with Crippen LogP contribution in [0.2, 0.25) is 0 Å². The molecule has 0 fully saturated rings. The third-order valence-electron chi connectivity index (χ3n) is 0.814. The van der Waals surface area contributed by atoms with Gasteiger partial charge >= 0.3 is 10.2 Å². The minimum atomic E-state index is -3.38. The molecule has 5 heteroatoms. The van der Waals surface area contributed by atoms with Crippen LogP contribution in [-0.2, 0) is 10.2 Å². The maximum atomic E-state index is 10.5. The van der Waals surface area contributed by atoms with Gasteiger partial charge in [0, 0.05) is 11.9 Å². The summed E-state index contributed by atoms with van der Waals surface area (Å²) in [5.41, 5.74) is 0.588. The second-order valence-corrected chi connectivity index (χ2v) is 3.05. The minimum Gasteiger partial charge on any atom is -0.269 e. The SMILES string of the molecule is CC1=CC=NS(=O)(=O)N1. The lowest BCUT2D eigenvalue weighted by atomic mass is 10.5. The van der Waals surface area contributed by atoms with E-state index in [4.69, 9.17) is 0 Å². The topological polar surface area (TPSA) is 58.5 Å². The van der Waals surface area contributed by atoms with Gasteiger partial charge in [0.1, 0.15) is 0 Å². The molecule has 0 saturated carbocycles. The van der Waals surface area contributed by atoms with Gasteiger partial charge in [-0.15, -0.1) is 0 Å². The molecule has 4 nitrogen and oxygen atoms in total. The van der Waals surface area contributed by atoms with Crippen LogP contribution in [0.1, 0.15) is 6.92 Å². The largest absolute Gasteiger partial charge is 0.341 e. The van der Waals surface area contributed by atoms with Crippen molar-refractivity contribution in [3.8, 4) is 0 Å². The molecule has 1 heterocycles. The predicted molar refractivity (Wildman–Crippen MR) is 34.3 cm³/mol. The molecule has 0 bridgehead atoms. The number of rotatable bonds is 0. The van der Waals surface area contributed by atoms with E-state index in [-0.39, 0.29) is 0 Å². The van der Waals surface area contributed by atoms with Gasteiger partial charge in [-0.05, 0) is 13.0 Å². The van der Waals surface area contributed by atoms with Crippen molar-refractivity contribution in [3.63, 3.8) is 0 Å². The van der Waals surface area contributed by atoms with Crippen molar-refractivity contribution in [2.75, 3.05) is 0 Å². The van der Waals surface area contributed by atoms with E-state index < -0.39 is 10.2 Å². The maximum Gasteiger partial charge on any atom is 0.341 e. The Morgan fingerprint density at radius 2 is 2.33 bits per heavy atom. The van der Waals surface area contributed by atoms with Crippen LogP contribution in [0, 0.1) is 0 Å². The van der Waals surface area contributed by atoms with Gasteiger partial charge in [0.05, 0.1) is 0 Å².